The average Bonchev–Trinajstić information content (AvgIpc) is 3.08. The van der Waals surface area contributed by atoms with E-state index in [4.69, 9.17) is 4.74 Å². The molecule has 0 aliphatic rings. The van der Waals surface area contributed by atoms with Gasteiger partial charge in [-0.25, -0.2) is 13.8 Å². The lowest BCUT2D eigenvalue weighted by Crippen LogP contribution is -2.39. The number of benzene rings is 2. The first kappa shape index (κ1) is 22.2. The summed E-state index contributed by atoms with van der Waals surface area (Å²) >= 11 is 0. The molecule has 2 N–H and O–H groups in total. The molecule has 0 saturated heterocycles. The predicted molar refractivity (Wildman–Crippen MR) is 115 cm³/mol. The quantitative estimate of drug-likeness (QED) is 0.446. The Kier molecular flexibility index (Phi) is 7.17. The molecule has 0 saturated carbocycles. The Hall–Kier alpha value is -3.49. The zero-order valence-electron chi connectivity index (χ0n) is 18.0. The van der Waals surface area contributed by atoms with Gasteiger partial charge in [0.15, 0.2) is 11.8 Å². The highest BCUT2D eigenvalue weighted by Crippen LogP contribution is 2.18. The Labute approximate surface area is 180 Å². The Bertz CT molecular complexity index is 1050. The fraction of sp³-hybridized carbons (Fsp3) is 0.318. The molecule has 0 radical (unpaired) electrons. The lowest BCUT2D eigenvalue weighted by Gasteiger charge is -2.19. The lowest BCUT2D eigenvalue weighted by molar-refractivity contribution is 0.414. The monoisotopic (exact) mass is 428 g/mol. The smallest absolute Gasteiger partial charge is 0.192 e. The number of guanidine groups is 1. The van der Waals surface area contributed by atoms with Gasteiger partial charge >= 0.3 is 0 Å². The van der Waals surface area contributed by atoms with E-state index in [9.17, 15) is 8.78 Å². The minimum atomic E-state index is -0.613. The number of aryl methyl sites for hydroxylation is 1. The highest BCUT2D eigenvalue weighted by molar-refractivity contribution is 5.80. The number of hydrogen-bond acceptors (Lipinski definition) is 4. The number of methoxy groups -OCH3 is 1. The summed E-state index contributed by atoms with van der Waals surface area (Å²) in [6.45, 7) is 4.43. The largest absolute Gasteiger partial charge is 0.497 e. The molecule has 1 atom stereocenters. The van der Waals surface area contributed by atoms with Crippen LogP contribution in [0.3, 0.4) is 0 Å². The van der Waals surface area contributed by atoms with E-state index in [2.05, 4.69) is 25.8 Å². The van der Waals surface area contributed by atoms with E-state index in [1.165, 1.54) is 12.1 Å². The normalized spacial score (nSPS) is 12.5. The van der Waals surface area contributed by atoms with Crippen LogP contribution in [0.5, 0.6) is 5.75 Å². The lowest BCUT2D eigenvalue weighted by atomic mass is 10.1. The van der Waals surface area contributed by atoms with E-state index in [0.717, 1.165) is 29.0 Å². The molecule has 0 spiro atoms. The topological polar surface area (TPSA) is 76.4 Å². The number of rotatable bonds is 7. The molecule has 164 valence electrons. The molecule has 0 fully saturated rings. The van der Waals surface area contributed by atoms with Crippen LogP contribution in [-0.2, 0) is 20.1 Å². The molecular formula is C22H26F2N6O. The molecule has 0 aliphatic carbocycles. The van der Waals surface area contributed by atoms with Crippen molar-refractivity contribution >= 4 is 5.96 Å². The second-order valence-corrected chi connectivity index (χ2v) is 7.12. The van der Waals surface area contributed by atoms with Gasteiger partial charge in [0.1, 0.15) is 23.2 Å². The predicted octanol–water partition coefficient (Wildman–Crippen LogP) is 3.41. The van der Waals surface area contributed by atoms with Crippen LogP contribution < -0.4 is 15.4 Å². The van der Waals surface area contributed by atoms with Crippen molar-refractivity contribution in [2.75, 3.05) is 7.11 Å². The molecule has 0 aliphatic heterocycles. The van der Waals surface area contributed by atoms with Crippen molar-refractivity contribution in [1.82, 2.24) is 25.4 Å². The van der Waals surface area contributed by atoms with Crippen LogP contribution in [-0.4, -0.2) is 27.8 Å². The summed E-state index contributed by atoms with van der Waals surface area (Å²) in [5.41, 5.74) is 1.33. The Morgan fingerprint density at radius 2 is 1.90 bits per heavy atom. The molecule has 9 heteroatoms. The number of halogens is 2. The van der Waals surface area contributed by atoms with Gasteiger partial charge in [-0.05, 0) is 37.6 Å². The summed E-state index contributed by atoms with van der Waals surface area (Å²) in [5.74, 6) is 1.53. The van der Waals surface area contributed by atoms with E-state index >= 15 is 0 Å². The minimum absolute atomic E-state index is 0.342. The number of hydrogen-bond donors (Lipinski definition) is 2. The van der Waals surface area contributed by atoms with Crippen LogP contribution in [0.15, 0.2) is 47.5 Å². The average molecular weight is 428 g/mol. The van der Waals surface area contributed by atoms with Gasteiger partial charge in [-0.3, -0.25) is 0 Å². The van der Waals surface area contributed by atoms with Crippen LogP contribution in [0.2, 0.25) is 0 Å². The SMILES string of the molecule is COc1ccc(CN=C(NCc2nnc(C)n2C)NC(C)c2ccc(F)cc2F)cc1. The minimum Gasteiger partial charge on any atom is -0.497 e. The van der Waals surface area contributed by atoms with Crippen molar-refractivity contribution in [3.05, 3.63) is 76.9 Å². The van der Waals surface area contributed by atoms with Crippen LogP contribution in [0.1, 0.15) is 35.7 Å². The second-order valence-electron chi connectivity index (χ2n) is 7.12. The van der Waals surface area contributed by atoms with Crippen LogP contribution in [0.25, 0.3) is 0 Å². The van der Waals surface area contributed by atoms with E-state index < -0.39 is 17.7 Å². The maximum atomic E-state index is 14.2. The molecule has 0 bridgehead atoms. The van der Waals surface area contributed by atoms with Gasteiger partial charge in [0, 0.05) is 18.7 Å². The van der Waals surface area contributed by atoms with Gasteiger partial charge in [-0.2, -0.15) is 0 Å². The first-order valence-electron chi connectivity index (χ1n) is 9.85. The van der Waals surface area contributed by atoms with Crippen LogP contribution in [0, 0.1) is 18.6 Å². The molecule has 1 aromatic heterocycles. The summed E-state index contributed by atoms with van der Waals surface area (Å²) < 4.78 is 34.5. The fourth-order valence-corrected chi connectivity index (χ4v) is 2.96. The van der Waals surface area contributed by atoms with Crippen molar-refractivity contribution in [2.24, 2.45) is 12.0 Å². The van der Waals surface area contributed by atoms with Crippen molar-refractivity contribution in [1.29, 1.82) is 0 Å². The summed E-state index contributed by atoms with van der Waals surface area (Å²) in [6, 6.07) is 10.7. The molecule has 1 unspecified atom stereocenters. The van der Waals surface area contributed by atoms with Gasteiger partial charge in [-0.1, -0.05) is 18.2 Å². The summed E-state index contributed by atoms with van der Waals surface area (Å²) in [6.07, 6.45) is 0. The van der Waals surface area contributed by atoms with Crippen LogP contribution >= 0.6 is 0 Å². The number of aliphatic imine (C=N–C) groups is 1. The zero-order valence-corrected chi connectivity index (χ0v) is 18.0. The number of nitrogens with zero attached hydrogens (tertiary/aromatic N) is 4. The highest BCUT2D eigenvalue weighted by atomic mass is 19.1. The molecule has 7 nitrogen and oxygen atoms in total. The standard InChI is InChI=1S/C22H26F2N6O/c1-14(19-10-7-17(23)11-20(19)24)27-22(26-13-21-29-28-15(2)30(21)3)25-12-16-5-8-18(31-4)9-6-16/h5-11,14H,12-13H2,1-4H3,(H2,25,26,27). The summed E-state index contributed by atoms with van der Waals surface area (Å²) in [4.78, 5) is 4.61. The molecule has 3 aromatic rings. The van der Waals surface area contributed by atoms with E-state index in [-0.39, 0.29) is 0 Å². The third-order valence-corrected chi connectivity index (χ3v) is 4.96. The highest BCUT2D eigenvalue weighted by Gasteiger charge is 2.14. The zero-order chi connectivity index (χ0) is 22.4. The summed E-state index contributed by atoms with van der Waals surface area (Å²) in [7, 11) is 3.49. The molecular weight excluding hydrogens is 402 g/mol. The van der Waals surface area contributed by atoms with Crippen molar-refractivity contribution in [2.45, 2.75) is 33.0 Å². The Balaban J connectivity index is 1.77. The molecule has 3 rings (SSSR count). The van der Waals surface area contributed by atoms with Gasteiger partial charge in [0.25, 0.3) is 0 Å². The van der Waals surface area contributed by atoms with Gasteiger partial charge in [0.05, 0.1) is 26.2 Å². The molecule has 0 amide bonds. The van der Waals surface area contributed by atoms with Crippen LogP contribution in [0.4, 0.5) is 8.78 Å². The van der Waals surface area contributed by atoms with Crippen molar-refractivity contribution < 1.29 is 13.5 Å². The van der Waals surface area contributed by atoms with Crippen molar-refractivity contribution in [3.63, 3.8) is 0 Å². The molecule has 1 heterocycles. The Morgan fingerprint density at radius 3 is 2.52 bits per heavy atom. The third kappa shape index (κ3) is 5.78. The number of nitrogens with one attached hydrogen (secondary N) is 2. The second kappa shape index (κ2) is 10.0. The molecule has 31 heavy (non-hydrogen) atoms. The van der Waals surface area contributed by atoms with E-state index in [1.807, 2.05) is 42.8 Å². The van der Waals surface area contributed by atoms with E-state index in [0.29, 0.717) is 24.6 Å². The van der Waals surface area contributed by atoms with Gasteiger partial charge in [0.2, 0.25) is 0 Å². The maximum absolute atomic E-state index is 14.2. The van der Waals surface area contributed by atoms with E-state index in [1.54, 1.807) is 14.0 Å². The fourth-order valence-electron chi connectivity index (χ4n) is 2.96. The number of ether oxygens (including phenoxy) is 1. The maximum Gasteiger partial charge on any atom is 0.192 e. The first-order chi connectivity index (χ1) is 14.9. The number of aromatic nitrogens is 3. The molecule has 2 aromatic carbocycles. The summed E-state index contributed by atoms with van der Waals surface area (Å²) in [5, 5.41) is 14.6. The van der Waals surface area contributed by atoms with Gasteiger partial charge in [-0.15, -0.1) is 10.2 Å². The van der Waals surface area contributed by atoms with Crippen molar-refractivity contribution in [3.8, 4) is 5.75 Å². The Morgan fingerprint density at radius 1 is 1.16 bits per heavy atom. The third-order valence-electron chi connectivity index (χ3n) is 4.96. The van der Waals surface area contributed by atoms with Gasteiger partial charge < -0.3 is 19.9 Å². The first-order valence-corrected chi connectivity index (χ1v) is 9.85.